The first-order valence-corrected chi connectivity index (χ1v) is 7.50. The molecule has 2 rings (SSSR count). The topological polar surface area (TPSA) is 34.1 Å². The van der Waals surface area contributed by atoms with Crippen molar-refractivity contribution < 1.29 is 9.59 Å². The standard InChI is InChI=1S/C19H22O2/c1-14(8-9-15(2)20)12-17-13-18(21)10-11-19(17)16-6-4-3-5-7-16/h3-7H,1,8-13H2,2H3. The zero-order valence-corrected chi connectivity index (χ0v) is 12.7. The maximum atomic E-state index is 11.8. The van der Waals surface area contributed by atoms with Crippen molar-refractivity contribution in [2.45, 2.75) is 45.4 Å². The van der Waals surface area contributed by atoms with Gasteiger partial charge in [-0.05, 0) is 37.3 Å². The molecule has 1 aromatic rings. The molecule has 0 saturated heterocycles. The summed E-state index contributed by atoms with van der Waals surface area (Å²) in [5, 5.41) is 0. The molecule has 0 spiro atoms. The number of ketones is 2. The van der Waals surface area contributed by atoms with E-state index in [2.05, 4.69) is 18.7 Å². The fourth-order valence-corrected chi connectivity index (χ4v) is 2.77. The maximum Gasteiger partial charge on any atom is 0.137 e. The van der Waals surface area contributed by atoms with Gasteiger partial charge in [-0.2, -0.15) is 0 Å². The molecule has 0 bridgehead atoms. The highest BCUT2D eigenvalue weighted by atomic mass is 16.1. The molecule has 0 saturated carbocycles. The van der Waals surface area contributed by atoms with Crippen LogP contribution >= 0.6 is 0 Å². The first kappa shape index (κ1) is 15.4. The smallest absolute Gasteiger partial charge is 0.137 e. The number of hydrogen-bond donors (Lipinski definition) is 0. The first-order valence-electron chi connectivity index (χ1n) is 7.50. The molecule has 0 fully saturated rings. The van der Waals surface area contributed by atoms with E-state index in [4.69, 9.17) is 0 Å². The molecule has 21 heavy (non-hydrogen) atoms. The molecule has 0 aromatic heterocycles. The second-order valence-corrected chi connectivity index (χ2v) is 5.79. The van der Waals surface area contributed by atoms with Crippen LogP contribution in [0.2, 0.25) is 0 Å². The fourth-order valence-electron chi connectivity index (χ4n) is 2.77. The monoisotopic (exact) mass is 282 g/mol. The third kappa shape index (κ3) is 4.52. The second kappa shape index (κ2) is 7.16. The first-order chi connectivity index (χ1) is 10.1. The Hall–Kier alpha value is -1.96. The highest BCUT2D eigenvalue weighted by molar-refractivity contribution is 5.89. The predicted octanol–water partition coefficient (Wildman–Crippen LogP) is 4.51. The van der Waals surface area contributed by atoms with Gasteiger partial charge in [0.25, 0.3) is 0 Å². The molecular weight excluding hydrogens is 260 g/mol. The minimum atomic E-state index is 0.188. The molecule has 0 radical (unpaired) electrons. The maximum absolute atomic E-state index is 11.8. The fraction of sp³-hybridized carbons (Fsp3) is 0.368. The van der Waals surface area contributed by atoms with Crippen molar-refractivity contribution in [3.05, 3.63) is 53.6 Å². The molecule has 0 N–H and O–H groups in total. The average molecular weight is 282 g/mol. The summed E-state index contributed by atoms with van der Waals surface area (Å²) >= 11 is 0. The number of carbonyl (C=O) groups excluding carboxylic acids is 2. The van der Waals surface area contributed by atoms with Crippen LogP contribution in [0.4, 0.5) is 0 Å². The van der Waals surface area contributed by atoms with Crippen LogP contribution in [0.3, 0.4) is 0 Å². The number of carbonyl (C=O) groups is 2. The third-order valence-electron chi connectivity index (χ3n) is 3.91. The number of allylic oxidation sites excluding steroid dienone is 3. The summed E-state index contributed by atoms with van der Waals surface area (Å²) in [7, 11) is 0. The molecule has 2 nitrogen and oxygen atoms in total. The van der Waals surface area contributed by atoms with Crippen molar-refractivity contribution >= 4 is 17.1 Å². The van der Waals surface area contributed by atoms with Gasteiger partial charge < -0.3 is 4.79 Å². The lowest BCUT2D eigenvalue weighted by Crippen LogP contribution is -2.10. The van der Waals surface area contributed by atoms with Gasteiger partial charge in [0.05, 0.1) is 0 Å². The number of hydrogen-bond acceptors (Lipinski definition) is 2. The van der Waals surface area contributed by atoms with Crippen LogP contribution in [0.15, 0.2) is 48.1 Å². The van der Waals surface area contributed by atoms with E-state index in [1.54, 1.807) is 6.92 Å². The Morgan fingerprint density at radius 1 is 1.14 bits per heavy atom. The molecule has 1 aliphatic rings. The minimum absolute atomic E-state index is 0.188. The summed E-state index contributed by atoms with van der Waals surface area (Å²) in [6, 6.07) is 10.3. The molecule has 1 aromatic carbocycles. The van der Waals surface area contributed by atoms with Crippen LogP contribution in [-0.4, -0.2) is 11.6 Å². The number of benzene rings is 1. The summed E-state index contributed by atoms with van der Waals surface area (Å²) in [6.07, 6.45) is 3.98. The van der Waals surface area contributed by atoms with Crippen LogP contribution < -0.4 is 0 Å². The van der Waals surface area contributed by atoms with Crippen LogP contribution in [0, 0.1) is 0 Å². The molecule has 0 atom stereocenters. The summed E-state index contributed by atoms with van der Waals surface area (Å²) in [4.78, 5) is 22.9. The SMILES string of the molecule is C=C(CCC(C)=O)CC1=C(c2ccccc2)CCC(=O)C1. The Morgan fingerprint density at radius 2 is 1.86 bits per heavy atom. The van der Waals surface area contributed by atoms with Gasteiger partial charge in [-0.15, -0.1) is 0 Å². The van der Waals surface area contributed by atoms with E-state index in [1.807, 2.05) is 18.2 Å². The van der Waals surface area contributed by atoms with Crippen LogP contribution in [-0.2, 0) is 9.59 Å². The van der Waals surface area contributed by atoms with Crippen LogP contribution in [0.1, 0.15) is 51.0 Å². The van der Waals surface area contributed by atoms with E-state index in [0.717, 1.165) is 24.8 Å². The van der Waals surface area contributed by atoms with E-state index in [9.17, 15) is 9.59 Å². The highest BCUT2D eigenvalue weighted by Gasteiger charge is 2.20. The highest BCUT2D eigenvalue weighted by Crippen LogP contribution is 2.34. The van der Waals surface area contributed by atoms with Gasteiger partial charge in [0.15, 0.2) is 0 Å². The summed E-state index contributed by atoms with van der Waals surface area (Å²) in [5.41, 5.74) is 4.73. The molecule has 0 amide bonds. The Morgan fingerprint density at radius 3 is 2.52 bits per heavy atom. The largest absolute Gasteiger partial charge is 0.300 e. The Labute approximate surface area is 126 Å². The van der Waals surface area contributed by atoms with Gasteiger partial charge in [-0.1, -0.05) is 48.1 Å². The Kier molecular flexibility index (Phi) is 5.26. The lowest BCUT2D eigenvalue weighted by molar-refractivity contribution is -0.119. The van der Waals surface area contributed by atoms with Crippen molar-refractivity contribution in [2.24, 2.45) is 0 Å². The Balaban J connectivity index is 2.18. The lowest BCUT2D eigenvalue weighted by atomic mass is 9.83. The molecular formula is C19H22O2. The zero-order valence-electron chi connectivity index (χ0n) is 12.7. The van der Waals surface area contributed by atoms with E-state index in [0.29, 0.717) is 25.0 Å². The van der Waals surface area contributed by atoms with E-state index in [1.165, 1.54) is 16.7 Å². The van der Waals surface area contributed by atoms with E-state index < -0.39 is 0 Å². The number of Topliss-reactive ketones (excluding diaryl/α,β-unsaturated/α-hetero) is 2. The molecule has 2 heteroatoms. The average Bonchev–Trinajstić information content (AvgIpc) is 2.46. The van der Waals surface area contributed by atoms with Crippen molar-refractivity contribution in [1.82, 2.24) is 0 Å². The molecule has 1 aliphatic carbocycles. The summed E-state index contributed by atoms with van der Waals surface area (Å²) in [5.74, 6) is 0.497. The third-order valence-corrected chi connectivity index (χ3v) is 3.91. The molecule has 0 unspecified atom stereocenters. The molecule has 0 heterocycles. The van der Waals surface area contributed by atoms with Gasteiger partial charge in [-0.25, -0.2) is 0 Å². The van der Waals surface area contributed by atoms with Gasteiger partial charge >= 0.3 is 0 Å². The normalized spacial score (nSPS) is 15.2. The molecule has 0 aliphatic heterocycles. The van der Waals surface area contributed by atoms with E-state index in [-0.39, 0.29) is 5.78 Å². The van der Waals surface area contributed by atoms with Gasteiger partial charge in [-0.3, -0.25) is 4.79 Å². The van der Waals surface area contributed by atoms with Crippen molar-refractivity contribution in [2.75, 3.05) is 0 Å². The predicted molar refractivity (Wildman–Crippen MR) is 85.9 cm³/mol. The second-order valence-electron chi connectivity index (χ2n) is 5.79. The quantitative estimate of drug-likeness (QED) is 0.719. The van der Waals surface area contributed by atoms with Crippen molar-refractivity contribution in [3.8, 4) is 0 Å². The minimum Gasteiger partial charge on any atom is -0.300 e. The van der Waals surface area contributed by atoms with Gasteiger partial charge in [0.2, 0.25) is 0 Å². The van der Waals surface area contributed by atoms with E-state index >= 15 is 0 Å². The van der Waals surface area contributed by atoms with Crippen LogP contribution in [0.25, 0.3) is 5.57 Å². The Bertz CT molecular complexity index is 579. The van der Waals surface area contributed by atoms with Gasteiger partial charge in [0.1, 0.15) is 11.6 Å². The zero-order chi connectivity index (χ0) is 15.2. The molecule has 110 valence electrons. The number of rotatable bonds is 6. The van der Waals surface area contributed by atoms with Crippen molar-refractivity contribution in [3.63, 3.8) is 0 Å². The van der Waals surface area contributed by atoms with Crippen molar-refractivity contribution in [1.29, 1.82) is 0 Å². The van der Waals surface area contributed by atoms with Crippen LogP contribution in [0.5, 0.6) is 0 Å². The lowest BCUT2D eigenvalue weighted by Gasteiger charge is -2.21. The summed E-state index contributed by atoms with van der Waals surface area (Å²) < 4.78 is 0. The summed E-state index contributed by atoms with van der Waals surface area (Å²) in [6.45, 7) is 5.68. The van der Waals surface area contributed by atoms with Gasteiger partial charge in [0, 0.05) is 19.3 Å².